The highest BCUT2D eigenvalue weighted by molar-refractivity contribution is 6.63. The van der Waals surface area contributed by atoms with Crippen molar-refractivity contribution in [1.82, 2.24) is 0 Å². The van der Waals surface area contributed by atoms with Crippen LogP contribution in [0.3, 0.4) is 0 Å². The summed E-state index contributed by atoms with van der Waals surface area (Å²) in [5.74, 6) is -1.69. The van der Waals surface area contributed by atoms with Crippen molar-refractivity contribution in [2.75, 3.05) is 0 Å². The molecule has 0 N–H and O–H groups in total. The zero-order valence-corrected chi connectivity index (χ0v) is 18.9. The fourth-order valence-corrected chi connectivity index (χ4v) is 3.57. The molecule has 0 unspecified atom stereocenters. The van der Waals surface area contributed by atoms with Gasteiger partial charge in [-0.3, -0.25) is 14.4 Å². The standard InChI is InChI=1S/C25H46O3/c1-3-5-7-9-11-13-15-17-19-21-23(26)25(28)24(27)22-20-18-16-14-12-10-8-6-4-2/h3-22H2,1-2H3. The van der Waals surface area contributed by atoms with Crippen LogP contribution in [0.25, 0.3) is 0 Å². The lowest BCUT2D eigenvalue weighted by Crippen LogP contribution is -2.23. The predicted octanol–water partition coefficient (Wildman–Crippen LogP) is 7.54. The monoisotopic (exact) mass is 394 g/mol. The summed E-state index contributed by atoms with van der Waals surface area (Å²) in [6.45, 7) is 4.44. The summed E-state index contributed by atoms with van der Waals surface area (Å²) in [5.41, 5.74) is 0. The van der Waals surface area contributed by atoms with Gasteiger partial charge in [0.15, 0.2) is 0 Å². The quantitative estimate of drug-likeness (QED) is 0.108. The largest absolute Gasteiger partial charge is 0.290 e. The van der Waals surface area contributed by atoms with Gasteiger partial charge in [-0.15, -0.1) is 0 Å². The molecule has 0 spiro atoms. The normalized spacial score (nSPS) is 10.9. The second-order valence-corrected chi connectivity index (χ2v) is 8.33. The molecule has 3 nitrogen and oxygen atoms in total. The SMILES string of the molecule is CCCCCCCCCCCC(=O)C(=O)C(=O)CCCCCCCCCCC. The second-order valence-electron chi connectivity index (χ2n) is 8.33. The number of ketones is 3. The highest BCUT2D eigenvalue weighted by Gasteiger charge is 2.21. The van der Waals surface area contributed by atoms with Crippen molar-refractivity contribution in [2.45, 2.75) is 142 Å². The topological polar surface area (TPSA) is 51.2 Å². The molecule has 0 aliphatic carbocycles. The number of unbranched alkanes of at least 4 members (excludes halogenated alkanes) is 16. The molecule has 3 heteroatoms. The fourth-order valence-electron chi connectivity index (χ4n) is 3.57. The molecule has 0 aromatic carbocycles. The molecule has 0 aliphatic rings. The van der Waals surface area contributed by atoms with Crippen molar-refractivity contribution < 1.29 is 14.4 Å². The van der Waals surface area contributed by atoms with Gasteiger partial charge in [-0.05, 0) is 12.8 Å². The molecule has 0 aromatic rings. The molecule has 0 rings (SSSR count). The van der Waals surface area contributed by atoms with Crippen LogP contribution in [0, 0.1) is 0 Å². The summed E-state index contributed by atoms with van der Waals surface area (Å²) in [4.78, 5) is 35.6. The zero-order valence-electron chi connectivity index (χ0n) is 18.9. The highest BCUT2D eigenvalue weighted by atomic mass is 16.2. The Labute approximate surface area is 174 Å². The summed E-state index contributed by atoms with van der Waals surface area (Å²) in [6, 6.07) is 0. The van der Waals surface area contributed by atoms with Crippen molar-refractivity contribution in [1.29, 1.82) is 0 Å². The third kappa shape index (κ3) is 17.1. The highest BCUT2D eigenvalue weighted by Crippen LogP contribution is 2.12. The van der Waals surface area contributed by atoms with Gasteiger partial charge in [0, 0.05) is 12.8 Å². The Balaban J connectivity index is 3.54. The van der Waals surface area contributed by atoms with E-state index in [1.54, 1.807) is 0 Å². The molecule has 0 aliphatic heterocycles. The summed E-state index contributed by atoms with van der Waals surface area (Å²) in [6.07, 6.45) is 21.6. The number of rotatable bonds is 22. The van der Waals surface area contributed by atoms with E-state index in [4.69, 9.17) is 0 Å². The third-order valence-corrected chi connectivity index (χ3v) is 5.52. The van der Waals surface area contributed by atoms with Crippen LogP contribution in [0.5, 0.6) is 0 Å². The van der Waals surface area contributed by atoms with E-state index >= 15 is 0 Å². The summed E-state index contributed by atoms with van der Waals surface area (Å²) in [7, 11) is 0. The minimum Gasteiger partial charge on any atom is -0.290 e. The van der Waals surface area contributed by atoms with Gasteiger partial charge in [0.1, 0.15) is 0 Å². The minimum absolute atomic E-state index is 0.248. The number of carbonyl (C=O) groups is 3. The predicted molar refractivity (Wildman–Crippen MR) is 119 cm³/mol. The zero-order chi connectivity index (χ0) is 20.9. The second kappa shape index (κ2) is 20.7. The van der Waals surface area contributed by atoms with E-state index in [2.05, 4.69) is 13.8 Å². The Bertz CT molecular complexity index is 365. The van der Waals surface area contributed by atoms with E-state index in [0.29, 0.717) is 0 Å². The van der Waals surface area contributed by atoms with Crippen LogP contribution in [0.15, 0.2) is 0 Å². The van der Waals surface area contributed by atoms with Crippen LogP contribution in [0.2, 0.25) is 0 Å². The van der Waals surface area contributed by atoms with Crippen molar-refractivity contribution in [3.63, 3.8) is 0 Å². The van der Waals surface area contributed by atoms with Crippen LogP contribution in [-0.2, 0) is 14.4 Å². The number of carbonyl (C=O) groups excluding carboxylic acids is 3. The van der Waals surface area contributed by atoms with E-state index in [1.165, 1.54) is 77.0 Å². The first-order valence-corrected chi connectivity index (χ1v) is 12.2. The molecule has 28 heavy (non-hydrogen) atoms. The van der Waals surface area contributed by atoms with Gasteiger partial charge in [-0.1, -0.05) is 117 Å². The van der Waals surface area contributed by atoms with Gasteiger partial charge in [0.2, 0.25) is 11.6 Å². The van der Waals surface area contributed by atoms with Crippen LogP contribution < -0.4 is 0 Å². The molecule has 0 radical (unpaired) electrons. The van der Waals surface area contributed by atoms with Crippen LogP contribution in [0.4, 0.5) is 0 Å². The third-order valence-electron chi connectivity index (χ3n) is 5.52. The van der Waals surface area contributed by atoms with Crippen molar-refractivity contribution in [3.8, 4) is 0 Å². The number of hydrogen-bond acceptors (Lipinski definition) is 3. The van der Waals surface area contributed by atoms with Crippen LogP contribution in [0.1, 0.15) is 142 Å². The molecule has 0 saturated carbocycles. The van der Waals surface area contributed by atoms with Crippen LogP contribution >= 0.6 is 0 Å². The first-order valence-electron chi connectivity index (χ1n) is 12.2. The molecule has 0 saturated heterocycles. The number of hydrogen-bond donors (Lipinski definition) is 0. The van der Waals surface area contributed by atoms with Gasteiger partial charge in [-0.2, -0.15) is 0 Å². The molecule has 0 aromatic heterocycles. The average Bonchev–Trinajstić information content (AvgIpc) is 2.70. The van der Waals surface area contributed by atoms with Gasteiger partial charge < -0.3 is 0 Å². The van der Waals surface area contributed by atoms with Gasteiger partial charge >= 0.3 is 0 Å². The first-order chi connectivity index (χ1) is 13.6. The van der Waals surface area contributed by atoms with Gasteiger partial charge in [0.05, 0.1) is 0 Å². The molecule has 0 heterocycles. The van der Waals surface area contributed by atoms with Gasteiger partial charge in [-0.25, -0.2) is 0 Å². The Morgan fingerprint density at radius 2 is 0.643 bits per heavy atom. The first kappa shape index (κ1) is 27.0. The molecular weight excluding hydrogens is 348 g/mol. The van der Waals surface area contributed by atoms with Crippen LogP contribution in [-0.4, -0.2) is 17.3 Å². The smallest absolute Gasteiger partial charge is 0.264 e. The fraction of sp³-hybridized carbons (Fsp3) is 0.880. The molecule has 0 amide bonds. The van der Waals surface area contributed by atoms with Crippen molar-refractivity contribution in [2.24, 2.45) is 0 Å². The Morgan fingerprint density at radius 3 is 0.929 bits per heavy atom. The summed E-state index contributed by atoms with van der Waals surface area (Å²) < 4.78 is 0. The minimum atomic E-state index is -0.751. The van der Waals surface area contributed by atoms with E-state index in [1.807, 2.05) is 0 Å². The summed E-state index contributed by atoms with van der Waals surface area (Å²) in [5, 5.41) is 0. The van der Waals surface area contributed by atoms with Gasteiger partial charge in [0.25, 0.3) is 5.78 Å². The van der Waals surface area contributed by atoms with Crippen molar-refractivity contribution in [3.05, 3.63) is 0 Å². The lowest BCUT2D eigenvalue weighted by Gasteiger charge is -2.03. The number of Topliss-reactive ketones (excluding diaryl/α,β-unsaturated/α-hetero) is 3. The van der Waals surface area contributed by atoms with E-state index in [-0.39, 0.29) is 12.8 Å². The molecule has 164 valence electrons. The maximum Gasteiger partial charge on any atom is 0.264 e. The molecular formula is C25H46O3. The Hall–Kier alpha value is -0.990. The van der Waals surface area contributed by atoms with Crippen molar-refractivity contribution >= 4 is 17.3 Å². The average molecular weight is 395 g/mol. The Morgan fingerprint density at radius 1 is 0.393 bits per heavy atom. The summed E-state index contributed by atoms with van der Waals surface area (Å²) >= 11 is 0. The maximum atomic E-state index is 11.9. The maximum absolute atomic E-state index is 11.9. The van der Waals surface area contributed by atoms with E-state index in [0.717, 1.165) is 38.5 Å². The Kier molecular flexibility index (Phi) is 20.0. The van der Waals surface area contributed by atoms with E-state index in [9.17, 15) is 14.4 Å². The molecule has 0 atom stereocenters. The lowest BCUT2D eigenvalue weighted by molar-refractivity contribution is -0.144. The lowest BCUT2D eigenvalue weighted by atomic mass is 10.0. The molecule has 0 fully saturated rings. The van der Waals surface area contributed by atoms with E-state index < -0.39 is 17.3 Å². The molecule has 0 bridgehead atoms.